The van der Waals surface area contributed by atoms with Gasteiger partial charge in [0.05, 0.1) is 16.3 Å². The van der Waals surface area contributed by atoms with E-state index in [-0.39, 0.29) is 5.78 Å². The second-order valence-corrected chi connectivity index (χ2v) is 17.8. The number of hydrogen-bond donors (Lipinski definition) is 0. The fraction of sp³-hybridized carbons (Fsp3) is 0.0161. The molecule has 0 saturated carbocycles. The molecule has 10 aromatic carbocycles. The van der Waals surface area contributed by atoms with Crippen molar-refractivity contribution < 1.29 is 18.0 Å². The average Bonchev–Trinajstić information content (AvgIpc) is 4.16. The van der Waals surface area contributed by atoms with Crippen LogP contribution in [0.1, 0.15) is 38.2 Å². The van der Waals surface area contributed by atoms with Gasteiger partial charge in [0, 0.05) is 60.1 Å². The number of rotatable bonds is 4. The molecule has 0 N–H and O–H groups in total. The third kappa shape index (κ3) is 4.74. The summed E-state index contributed by atoms with van der Waals surface area (Å²) in [5.41, 5.74) is 14.2. The van der Waals surface area contributed by atoms with E-state index in [1.165, 1.54) is 0 Å². The number of carbonyl (C=O) groups excluding carboxylic acids is 1. The van der Waals surface area contributed by atoms with E-state index in [1.807, 2.05) is 60.7 Å². The second kappa shape index (κ2) is 13.3. The maximum Gasteiger partial charge on any atom is 0.193 e. The highest BCUT2D eigenvalue weighted by Crippen LogP contribution is 2.53. The third-order valence-corrected chi connectivity index (χ3v) is 14.4. The summed E-state index contributed by atoms with van der Waals surface area (Å²) in [5.74, 6) is 0.0132. The molecular weight excluding hydrogens is 823 g/mol. The summed E-state index contributed by atoms with van der Waals surface area (Å²) in [5, 5.41) is 8.22. The van der Waals surface area contributed by atoms with E-state index in [4.69, 9.17) is 13.3 Å². The summed E-state index contributed by atoms with van der Waals surface area (Å²) in [6, 6.07) is 73.6. The maximum atomic E-state index is 14.8. The molecule has 312 valence electrons. The summed E-state index contributed by atoms with van der Waals surface area (Å²) in [4.78, 5) is 14.8. The predicted octanol–water partition coefficient (Wildman–Crippen LogP) is 16.1. The van der Waals surface area contributed by atoms with Gasteiger partial charge in [-0.05, 0) is 70.3 Å². The number of aromatic nitrogens is 1. The number of para-hydroxylation sites is 4. The van der Waals surface area contributed by atoms with Gasteiger partial charge in [0.1, 0.15) is 33.4 Å². The van der Waals surface area contributed by atoms with Crippen LogP contribution in [0.15, 0.2) is 226 Å². The monoisotopic (exact) mass is 857 g/mol. The van der Waals surface area contributed by atoms with Crippen LogP contribution in [-0.2, 0) is 5.41 Å². The minimum atomic E-state index is -0.805. The van der Waals surface area contributed by atoms with Gasteiger partial charge in [-0.15, -0.1) is 0 Å². The molecule has 5 nitrogen and oxygen atoms in total. The summed E-state index contributed by atoms with van der Waals surface area (Å²) in [6.07, 6.45) is 0. The number of fused-ring (bicyclic) bond motifs is 17. The number of furan rings is 3. The van der Waals surface area contributed by atoms with Crippen LogP contribution in [0.4, 0.5) is 0 Å². The molecule has 1 aliphatic carbocycles. The molecule has 4 heterocycles. The molecule has 4 aromatic heterocycles. The Morgan fingerprint density at radius 3 is 1.63 bits per heavy atom. The van der Waals surface area contributed by atoms with Crippen molar-refractivity contribution in [1.82, 2.24) is 4.57 Å². The van der Waals surface area contributed by atoms with Crippen molar-refractivity contribution in [2.24, 2.45) is 0 Å². The SMILES string of the molecule is O=C1c2ccccc2C(c2ccccc2)(c2ccccc2)c2cc(-c3cc(-n4c5ccccc5c5c6oc7ccccc7c6c6c7ccccc7oc6c54)cc4c3oc3ccccc34)ccc21. The average molecular weight is 858 g/mol. The van der Waals surface area contributed by atoms with Crippen LogP contribution in [0, 0.1) is 0 Å². The zero-order valence-electron chi connectivity index (χ0n) is 35.8. The molecule has 1 aliphatic rings. The molecule has 0 spiro atoms. The van der Waals surface area contributed by atoms with Crippen molar-refractivity contribution >= 4 is 93.4 Å². The van der Waals surface area contributed by atoms with E-state index in [0.717, 1.165) is 127 Å². The lowest BCUT2D eigenvalue weighted by molar-refractivity contribution is 0.103. The second-order valence-electron chi connectivity index (χ2n) is 17.8. The molecule has 0 amide bonds. The Kier molecular flexibility index (Phi) is 7.24. The van der Waals surface area contributed by atoms with E-state index in [2.05, 4.69) is 156 Å². The van der Waals surface area contributed by atoms with Crippen LogP contribution < -0.4 is 0 Å². The maximum absolute atomic E-state index is 14.8. The van der Waals surface area contributed by atoms with Gasteiger partial charge in [-0.25, -0.2) is 0 Å². The van der Waals surface area contributed by atoms with Gasteiger partial charge in [0.15, 0.2) is 11.4 Å². The molecule has 0 bridgehead atoms. The predicted molar refractivity (Wildman–Crippen MR) is 270 cm³/mol. The van der Waals surface area contributed by atoms with Crippen LogP contribution in [0.5, 0.6) is 0 Å². The van der Waals surface area contributed by atoms with Crippen LogP contribution in [0.3, 0.4) is 0 Å². The first-order valence-corrected chi connectivity index (χ1v) is 22.7. The Bertz CT molecular complexity index is 4370. The van der Waals surface area contributed by atoms with Crippen molar-refractivity contribution in [3.8, 4) is 16.8 Å². The zero-order chi connectivity index (χ0) is 44.0. The van der Waals surface area contributed by atoms with Crippen molar-refractivity contribution in [2.45, 2.75) is 5.41 Å². The van der Waals surface area contributed by atoms with Crippen LogP contribution in [0.25, 0.3) is 104 Å². The molecule has 5 heteroatoms. The normalized spacial score (nSPS) is 13.5. The molecule has 0 radical (unpaired) electrons. The summed E-state index contributed by atoms with van der Waals surface area (Å²) in [6.45, 7) is 0. The number of ketones is 1. The van der Waals surface area contributed by atoms with Crippen molar-refractivity contribution in [2.75, 3.05) is 0 Å². The molecule has 0 atom stereocenters. The first-order chi connectivity index (χ1) is 33.2. The van der Waals surface area contributed by atoms with Gasteiger partial charge < -0.3 is 17.8 Å². The van der Waals surface area contributed by atoms with Crippen LogP contribution in [0.2, 0.25) is 0 Å². The number of carbonyl (C=O) groups is 1. The largest absolute Gasteiger partial charge is 0.455 e. The highest BCUT2D eigenvalue weighted by Gasteiger charge is 2.46. The van der Waals surface area contributed by atoms with Gasteiger partial charge in [-0.1, -0.05) is 170 Å². The van der Waals surface area contributed by atoms with Gasteiger partial charge in [0.25, 0.3) is 0 Å². The Morgan fingerprint density at radius 1 is 0.373 bits per heavy atom. The number of nitrogens with zero attached hydrogens (tertiary/aromatic N) is 1. The van der Waals surface area contributed by atoms with E-state index in [9.17, 15) is 4.79 Å². The minimum Gasteiger partial charge on any atom is -0.455 e. The van der Waals surface area contributed by atoms with E-state index >= 15 is 0 Å². The van der Waals surface area contributed by atoms with Crippen LogP contribution >= 0.6 is 0 Å². The number of benzene rings is 10. The Hall–Kier alpha value is -8.93. The molecule has 0 aliphatic heterocycles. The first kappa shape index (κ1) is 36.4. The molecule has 0 unspecified atom stereocenters. The molecule has 0 saturated heterocycles. The molecule has 14 aromatic rings. The highest BCUT2D eigenvalue weighted by molar-refractivity contribution is 6.38. The fourth-order valence-electron chi connectivity index (χ4n) is 11.7. The zero-order valence-corrected chi connectivity index (χ0v) is 35.8. The lowest BCUT2D eigenvalue weighted by Crippen LogP contribution is -2.38. The van der Waals surface area contributed by atoms with E-state index in [0.29, 0.717) is 11.1 Å². The molecule has 15 rings (SSSR count). The minimum absolute atomic E-state index is 0.0132. The van der Waals surface area contributed by atoms with Crippen molar-refractivity contribution in [3.05, 3.63) is 246 Å². The quantitative estimate of drug-likeness (QED) is 0.177. The van der Waals surface area contributed by atoms with Crippen molar-refractivity contribution in [3.63, 3.8) is 0 Å². The lowest BCUT2D eigenvalue weighted by atomic mass is 9.59. The Labute approximate surface area is 382 Å². The summed E-state index contributed by atoms with van der Waals surface area (Å²) < 4.78 is 23.2. The standard InChI is InChI=1S/C62H35NO4/c64-58-41-22-7-12-26-48(41)62(37-17-3-1-4-18-37,38-19-5-2-6-20-38)49-33-36(31-32-42(49)58)46-34-39(35-47-40-21-9-14-28-51(40)65-59(46)47)63-50-27-13-8-23-43(50)56-57(63)61-55(45-25-11-16-30-53(45)67-61)54-44-24-10-15-29-52(44)66-60(54)56/h1-35H. The summed E-state index contributed by atoms with van der Waals surface area (Å²) in [7, 11) is 0. The first-order valence-electron chi connectivity index (χ1n) is 22.7. The van der Waals surface area contributed by atoms with Gasteiger partial charge >= 0.3 is 0 Å². The molecule has 67 heavy (non-hydrogen) atoms. The van der Waals surface area contributed by atoms with Gasteiger partial charge in [-0.2, -0.15) is 0 Å². The lowest BCUT2D eigenvalue weighted by Gasteiger charge is -2.42. The Morgan fingerprint density at radius 2 is 0.910 bits per heavy atom. The summed E-state index contributed by atoms with van der Waals surface area (Å²) >= 11 is 0. The topological polar surface area (TPSA) is 61.4 Å². The third-order valence-electron chi connectivity index (χ3n) is 14.4. The fourth-order valence-corrected chi connectivity index (χ4v) is 11.7. The smallest absolute Gasteiger partial charge is 0.193 e. The van der Waals surface area contributed by atoms with Crippen molar-refractivity contribution in [1.29, 1.82) is 0 Å². The van der Waals surface area contributed by atoms with Crippen LogP contribution in [-0.4, -0.2) is 10.4 Å². The van der Waals surface area contributed by atoms with E-state index in [1.54, 1.807) is 0 Å². The number of hydrogen-bond acceptors (Lipinski definition) is 4. The van der Waals surface area contributed by atoms with Gasteiger partial charge in [-0.3, -0.25) is 4.79 Å². The highest BCUT2D eigenvalue weighted by atomic mass is 16.3. The van der Waals surface area contributed by atoms with Gasteiger partial charge in [0.2, 0.25) is 0 Å². The van der Waals surface area contributed by atoms with E-state index < -0.39 is 5.41 Å². The molecular formula is C62H35NO4. The molecule has 0 fully saturated rings. The Balaban J connectivity index is 1.09.